The lowest BCUT2D eigenvalue weighted by Crippen LogP contribution is -2.26. The van der Waals surface area contributed by atoms with Crippen molar-refractivity contribution in [3.05, 3.63) is 18.2 Å². The Kier molecular flexibility index (Phi) is 3.66. The molecule has 1 saturated heterocycles. The summed E-state index contributed by atoms with van der Waals surface area (Å²) in [5.41, 5.74) is 5.89. The van der Waals surface area contributed by atoms with Crippen LogP contribution in [0.4, 0.5) is 33.3 Å². The number of nitrogens with zero attached hydrogens (tertiary/aromatic N) is 1. The first-order valence-corrected chi connectivity index (χ1v) is 5.88. The zero-order chi connectivity index (χ0) is 15.0. The first-order valence-electron chi connectivity index (χ1n) is 5.88. The Balaban J connectivity index is 2.20. The van der Waals surface area contributed by atoms with E-state index in [-0.39, 0.29) is 30.1 Å². The minimum atomic E-state index is -4.50. The van der Waals surface area contributed by atoms with E-state index in [2.05, 4.69) is 4.74 Å². The van der Waals surface area contributed by atoms with Gasteiger partial charge in [0.2, 0.25) is 0 Å². The summed E-state index contributed by atoms with van der Waals surface area (Å²) in [5, 5.41) is 0. The van der Waals surface area contributed by atoms with E-state index in [0.29, 0.717) is 0 Å². The van der Waals surface area contributed by atoms with Crippen molar-refractivity contribution in [1.82, 2.24) is 0 Å². The van der Waals surface area contributed by atoms with E-state index >= 15 is 0 Å². The second-order valence-electron chi connectivity index (χ2n) is 4.66. The fourth-order valence-electron chi connectivity index (χ4n) is 2.01. The Hall–Kier alpha value is -1.73. The summed E-state index contributed by atoms with van der Waals surface area (Å²) in [6, 6.07) is 4.03. The minimum absolute atomic E-state index is 0.0549. The molecule has 0 atom stereocenters. The molecule has 0 saturated carbocycles. The van der Waals surface area contributed by atoms with Crippen LogP contribution in [0.15, 0.2) is 18.2 Å². The Morgan fingerprint density at radius 1 is 1.30 bits per heavy atom. The first-order chi connectivity index (χ1) is 9.16. The summed E-state index contributed by atoms with van der Waals surface area (Å²) in [6.45, 7) is -1.98. The lowest BCUT2D eigenvalue weighted by Gasteiger charge is -2.22. The summed E-state index contributed by atoms with van der Waals surface area (Å²) in [5.74, 6) is -2.98. The van der Waals surface area contributed by atoms with Gasteiger partial charge in [-0.2, -0.15) is 13.2 Å². The SMILES string of the molecule is Nc1ccc(N2CCC(F)(F)C2)c(OCC(F)(F)F)c1. The highest BCUT2D eigenvalue weighted by molar-refractivity contribution is 5.64. The van der Waals surface area contributed by atoms with Crippen LogP contribution in [0.25, 0.3) is 0 Å². The van der Waals surface area contributed by atoms with Crippen LogP contribution in [-0.4, -0.2) is 31.8 Å². The molecular formula is C12H13F5N2O. The van der Waals surface area contributed by atoms with Crippen molar-refractivity contribution in [2.24, 2.45) is 0 Å². The Morgan fingerprint density at radius 2 is 2.00 bits per heavy atom. The third-order valence-corrected chi connectivity index (χ3v) is 2.89. The van der Waals surface area contributed by atoms with Gasteiger partial charge in [-0.1, -0.05) is 0 Å². The molecule has 2 N–H and O–H groups in total. The number of rotatable bonds is 3. The molecule has 8 heteroatoms. The zero-order valence-corrected chi connectivity index (χ0v) is 10.4. The number of ether oxygens (including phenoxy) is 1. The molecule has 2 rings (SSSR count). The van der Waals surface area contributed by atoms with Crippen molar-refractivity contribution in [3.63, 3.8) is 0 Å². The minimum Gasteiger partial charge on any atom is -0.482 e. The van der Waals surface area contributed by atoms with Crippen molar-refractivity contribution < 1.29 is 26.7 Å². The number of benzene rings is 1. The van der Waals surface area contributed by atoms with Gasteiger partial charge in [0.1, 0.15) is 5.75 Å². The zero-order valence-electron chi connectivity index (χ0n) is 10.4. The quantitative estimate of drug-likeness (QED) is 0.688. The molecule has 0 aliphatic carbocycles. The number of anilines is 2. The molecule has 0 spiro atoms. The van der Waals surface area contributed by atoms with E-state index < -0.39 is 25.3 Å². The number of hydrogen-bond acceptors (Lipinski definition) is 3. The van der Waals surface area contributed by atoms with Gasteiger partial charge in [-0.3, -0.25) is 0 Å². The molecule has 0 bridgehead atoms. The Bertz CT molecular complexity index is 489. The summed E-state index contributed by atoms with van der Waals surface area (Å²) in [6.07, 6.45) is -4.84. The predicted molar refractivity (Wildman–Crippen MR) is 64.2 cm³/mol. The maximum atomic E-state index is 13.2. The van der Waals surface area contributed by atoms with Gasteiger partial charge >= 0.3 is 6.18 Å². The van der Waals surface area contributed by atoms with Crippen molar-refractivity contribution in [3.8, 4) is 5.75 Å². The standard InChI is InChI=1S/C12H13F5N2O/c13-11(14)3-4-19(6-11)9-2-1-8(18)5-10(9)20-7-12(15,16)17/h1-2,5H,3-4,6-7,18H2. The second-order valence-corrected chi connectivity index (χ2v) is 4.66. The van der Waals surface area contributed by atoms with Gasteiger partial charge in [0, 0.05) is 24.7 Å². The van der Waals surface area contributed by atoms with Crippen LogP contribution < -0.4 is 15.4 Å². The lowest BCUT2D eigenvalue weighted by molar-refractivity contribution is -0.153. The molecule has 1 fully saturated rings. The number of halogens is 5. The van der Waals surface area contributed by atoms with Gasteiger partial charge in [0.15, 0.2) is 6.61 Å². The summed E-state index contributed by atoms with van der Waals surface area (Å²) >= 11 is 0. The predicted octanol–water partition coefficient (Wildman–Crippen LogP) is 3.06. The third-order valence-electron chi connectivity index (χ3n) is 2.89. The molecule has 0 aromatic heterocycles. The monoisotopic (exact) mass is 296 g/mol. The average Bonchev–Trinajstić information content (AvgIpc) is 2.66. The highest BCUT2D eigenvalue weighted by Crippen LogP contribution is 2.37. The largest absolute Gasteiger partial charge is 0.482 e. The van der Waals surface area contributed by atoms with Crippen LogP contribution in [0, 0.1) is 0 Å². The third kappa shape index (κ3) is 3.64. The second kappa shape index (κ2) is 4.99. The molecule has 1 heterocycles. The van der Waals surface area contributed by atoms with Gasteiger partial charge in [0.25, 0.3) is 5.92 Å². The summed E-state index contributed by atoms with van der Waals surface area (Å²) in [7, 11) is 0. The van der Waals surface area contributed by atoms with E-state index in [1.807, 2.05) is 0 Å². The van der Waals surface area contributed by atoms with E-state index in [0.717, 1.165) is 0 Å². The van der Waals surface area contributed by atoms with Crippen molar-refractivity contribution in [2.75, 3.05) is 30.3 Å². The number of alkyl halides is 5. The van der Waals surface area contributed by atoms with Crippen LogP contribution in [0.1, 0.15) is 6.42 Å². The maximum Gasteiger partial charge on any atom is 0.422 e. The summed E-state index contributed by atoms with van der Waals surface area (Å²) < 4.78 is 67.6. The van der Waals surface area contributed by atoms with Gasteiger partial charge < -0.3 is 15.4 Å². The van der Waals surface area contributed by atoms with Crippen LogP contribution >= 0.6 is 0 Å². The lowest BCUT2D eigenvalue weighted by atomic mass is 10.2. The van der Waals surface area contributed by atoms with Gasteiger partial charge in [-0.25, -0.2) is 8.78 Å². The molecule has 3 nitrogen and oxygen atoms in total. The van der Waals surface area contributed by atoms with E-state index in [4.69, 9.17) is 5.73 Å². The smallest absolute Gasteiger partial charge is 0.422 e. The van der Waals surface area contributed by atoms with Crippen molar-refractivity contribution >= 4 is 11.4 Å². The van der Waals surface area contributed by atoms with Crippen LogP contribution in [-0.2, 0) is 0 Å². The van der Waals surface area contributed by atoms with Gasteiger partial charge in [-0.05, 0) is 12.1 Å². The normalized spacial score (nSPS) is 18.4. The van der Waals surface area contributed by atoms with Crippen LogP contribution in [0.5, 0.6) is 5.75 Å². The van der Waals surface area contributed by atoms with Crippen molar-refractivity contribution in [1.29, 1.82) is 0 Å². The van der Waals surface area contributed by atoms with Crippen molar-refractivity contribution in [2.45, 2.75) is 18.5 Å². The number of hydrogen-bond donors (Lipinski definition) is 1. The first kappa shape index (κ1) is 14.7. The number of nitrogen functional groups attached to an aromatic ring is 1. The van der Waals surface area contributed by atoms with E-state index in [9.17, 15) is 22.0 Å². The molecular weight excluding hydrogens is 283 g/mol. The Morgan fingerprint density at radius 3 is 2.55 bits per heavy atom. The molecule has 1 aliphatic heterocycles. The van der Waals surface area contributed by atoms with Crippen LogP contribution in [0.2, 0.25) is 0 Å². The molecule has 0 unspecified atom stereocenters. The molecule has 0 amide bonds. The Labute approximate surface area is 112 Å². The molecule has 1 aliphatic rings. The molecule has 1 aromatic rings. The molecule has 112 valence electrons. The fourth-order valence-corrected chi connectivity index (χ4v) is 2.01. The highest BCUT2D eigenvalue weighted by Gasteiger charge is 2.39. The van der Waals surface area contributed by atoms with E-state index in [1.54, 1.807) is 0 Å². The summed E-state index contributed by atoms with van der Waals surface area (Å²) in [4.78, 5) is 1.30. The highest BCUT2D eigenvalue weighted by atomic mass is 19.4. The van der Waals surface area contributed by atoms with Gasteiger partial charge in [0.05, 0.1) is 12.2 Å². The average molecular weight is 296 g/mol. The van der Waals surface area contributed by atoms with E-state index in [1.165, 1.54) is 23.1 Å². The topological polar surface area (TPSA) is 38.5 Å². The molecule has 0 radical (unpaired) electrons. The maximum absolute atomic E-state index is 13.2. The van der Waals surface area contributed by atoms with Gasteiger partial charge in [-0.15, -0.1) is 0 Å². The fraction of sp³-hybridized carbons (Fsp3) is 0.500. The molecule has 20 heavy (non-hydrogen) atoms. The molecule has 1 aromatic carbocycles. The number of nitrogens with two attached hydrogens (primary N) is 1. The van der Waals surface area contributed by atoms with Crippen LogP contribution in [0.3, 0.4) is 0 Å².